The smallest absolute Gasteiger partial charge is 0.253 e. The van der Waals surface area contributed by atoms with E-state index in [0.717, 1.165) is 30.6 Å². The van der Waals surface area contributed by atoms with Gasteiger partial charge in [0.05, 0.1) is 11.1 Å². The molecule has 1 amide bonds. The van der Waals surface area contributed by atoms with Gasteiger partial charge < -0.3 is 9.88 Å². The number of hydrogen-bond acceptors (Lipinski definition) is 3. The number of nitrogens with one attached hydrogen (secondary N) is 1. The molecule has 3 aromatic rings. The highest BCUT2D eigenvalue weighted by molar-refractivity contribution is 6.32. The highest BCUT2D eigenvalue weighted by atomic mass is 35.5. The van der Waals surface area contributed by atoms with Crippen LogP contribution >= 0.6 is 11.6 Å². The highest BCUT2D eigenvalue weighted by Crippen LogP contribution is 2.23. The normalized spacial score (nSPS) is 17.0. The van der Waals surface area contributed by atoms with Crippen molar-refractivity contribution in [2.75, 3.05) is 0 Å². The summed E-state index contributed by atoms with van der Waals surface area (Å²) in [4.78, 5) is 21.3. The van der Waals surface area contributed by atoms with Crippen molar-refractivity contribution in [3.8, 4) is 0 Å². The first kappa shape index (κ1) is 14.2. The Kier molecular flexibility index (Phi) is 3.50. The van der Waals surface area contributed by atoms with Crippen molar-refractivity contribution in [2.45, 2.75) is 25.4 Å². The van der Waals surface area contributed by atoms with Crippen molar-refractivity contribution in [3.05, 3.63) is 59.3 Å². The third-order valence-corrected chi connectivity index (χ3v) is 4.40. The van der Waals surface area contributed by atoms with Crippen molar-refractivity contribution < 1.29 is 4.79 Å². The van der Waals surface area contributed by atoms with Crippen molar-refractivity contribution in [1.82, 2.24) is 19.9 Å². The van der Waals surface area contributed by atoms with E-state index in [1.165, 1.54) is 0 Å². The lowest BCUT2D eigenvalue weighted by molar-refractivity contribution is 0.0929. The van der Waals surface area contributed by atoms with Crippen LogP contribution in [0.2, 0.25) is 5.02 Å². The Balaban J connectivity index is 1.61. The number of aromatic nitrogens is 3. The largest absolute Gasteiger partial charge is 0.347 e. The number of carbonyl (C=O) groups is 1. The molecule has 1 aromatic carbocycles. The highest BCUT2D eigenvalue weighted by Gasteiger charge is 2.22. The molecule has 0 spiro atoms. The zero-order valence-corrected chi connectivity index (χ0v) is 13.1. The molecule has 23 heavy (non-hydrogen) atoms. The van der Waals surface area contributed by atoms with Gasteiger partial charge >= 0.3 is 0 Å². The minimum absolute atomic E-state index is 0.0851. The molecule has 116 valence electrons. The third kappa shape index (κ3) is 2.68. The third-order valence-electron chi connectivity index (χ3n) is 4.18. The van der Waals surface area contributed by atoms with Gasteiger partial charge in [0.2, 0.25) is 0 Å². The fraction of sp³-hybridized carbons (Fsp3) is 0.235. The second-order valence-corrected chi connectivity index (χ2v) is 6.17. The number of carbonyl (C=O) groups excluding carboxylic acids is 1. The number of rotatable bonds is 2. The van der Waals surface area contributed by atoms with Gasteiger partial charge in [0.1, 0.15) is 5.82 Å². The number of pyridine rings is 1. The van der Waals surface area contributed by atoms with Gasteiger partial charge in [-0.15, -0.1) is 0 Å². The molecule has 1 N–H and O–H groups in total. The average molecular weight is 327 g/mol. The molecule has 0 unspecified atom stereocenters. The molecule has 0 fully saturated rings. The molecule has 1 aliphatic heterocycles. The molecule has 4 rings (SSSR count). The van der Waals surface area contributed by atoms with Gasteiger partial charge in [-0.2, -0.15) is 0 Å². The molecule has 0 saturated heterocycles. The van der Waals surface area contributed by atoms with Crippen LogP contribution in [-0.4, -0.2) is 26.5 Å². The molecule has 1 aliphatic rings. The predicted octanol–water partition coefficient (Wildman–Crippen LogP) is 2.83. The molecule has 3 heterocycles. The van der Waals surface area contributed by atoms with Crippen molar-refractivity contribution in [2.24, 2.45) is 0 Å². The van der Waals surface area contributed by atoms with E-state index in [9.17, 15) is 4.79 Å². The van der Waals surface area contributed by atoms with E-state index >= 15 is 0 Å². The minimum atomic E-state index is -0.134. The standard InChI is InChI=1S/C17H15ClN4O/c18-12-8-11-2-1-5-20-16(11)14(9-12)17(23)21-13-3-4-15-19-6-7-22(15)10-13/h1-2,5-9,13H,3-4,10H2,(H,21,23)/t13-/m1/s1. The Hall–Kier alpha value is -2.40. The average Bonchev–Trinajstić information content (AvgIpc) is 3.01. The first-order valence-electron chi connectivity index (χ1n) is 7.56. The van der Waals surface area contributed by atoms with Crippen LogP contribution in [0, 0.1) is 0 Å². The Morgan fingerprint density at radius 3 is 3.13 bits per heavy atom. The molecular weight excluding hydrogens is 312 g/mol. The van der Waals surface area contributed by atoms with Crippen LogP contribution < -0.4 is 5.32 Å². The first-order valence-corrected chi connectivity index (χ1v) is 7.93. The van der Waals surface area contributed by atoms with Crippen LogP contribution in [0.5, 0.6) is 0 Å². The molecule has 0 saturated carbocycles. The van der Waals surface area contributed by atoms with Crippen LogP contribution in [0.4, 0.5) is 0 Å². The van der Waals surface area contributed by atoms with Crippen molar-refractivity contribution in [3.63, 3.8) is 0 Å². The molecule has 5 nitrogen and oxygen atoms in total. The van der Waals surface area contributed by atoms with Crippen molar-refractivity contribution >= 4 is 28.4 Å². The fourth-order valence-electron chi connectivity index (χ4n) is 3.08. The molecule has 6 heteroatoms. The first-order chi connectivity index (χ1) is 11.2. The summed E-state index contributed by atoms with van der Waals surface area (Å²) in [7, 11) is 0. The van der Waals surface area contributed by atoms with Crippen molar-refractivity contribution in [1.29, 1.82) is 0 Å². The summed E-state index contributed by atoms with van der Waals surface area (Å²) < 4.78 is 2.09. The van der Waals surface area contributed by atoms with Crippen LogP contribution in [0.15, 0.2) is 42.9 Å². The number of fused-ring (bicyclic) bond motifs is 2. The Bertz CT molecular complexity index is 889. The fourth-order valence-corrected chi connectivity index (χ4v) is 3.30. The Morgan fingerprint density at radius 1 is 1.30 bits per heavy atom. The Labute approximate surface area is 138 Å². The molecule has 2 aromatic heterocycles. The van der Waals surface area contributed by atoms with E-state index in [-0.39, 0.29) is 11.9 Å². The number of amides is 1. The van der Waals surface area contributed by atoms with E-state index < -0.39 is 0 Å². The summed E-state index contributed by atoms with van der Waals surface area (Å²) in [6.07, 6.45) is 7.19. The van der Waals surface area contributed by atoms with Crippen LogP contribution in [0.25, 0.3) is 10.9 Å². The number of halogens is 1. The van der Waals surface area contributed by atoms with Gasteiger partial charge in [-0.05, 0) is 24.6 Å². The monoisotopic (exact) mass is 326 g/mol. The van der Waals surface area contributed by atoms with Gasteiger partial charge in [-0.25, -0.2) is 4.98 Å². The lowest BCUT2D eigenvalue weighted by atomic mass is 10.1. The van der Waals surface area contributed by atoms with Gasteiger partial charge in [0, 0.05) is 48.0 Å². The summed E-state index contributed by atoms with van der Waals surface area (Å²) in [5.41, 5.74) is 1.19. The van der Waals surface area contributed by atoms with E-state index in [1.807, 2.05) is 24.4 Å². The maximum atomic E-state index is 12.7. The summed E-state index contributed by atoms with van der Waals surface area (Å²) in [5.74, 6) is 0.940. The number of imidazole rings is 1. The van der Waals surface area contributed by atoms with Gasteiger partial charge in [0.15, 0.2) is 0 Å². The molecule has 0 bridgehead atoms. The predicted molar refractivity (Wildman–Crippen MR) is 88.6 cm³/mol. The van der Waals surface area contributed by atoms with E-state index in [4.69, 9.17) is 11.6 Å². The molecular formula is C17H15ClN4O. The van der Waals surface area contributed by atoms with Gasteiger partial charge in [0.25, 0.3) is 5.91 Å². The number of benzene rings is 1. The lowest BCUT2D eigenvalue weighted by Crippen LogP contribution is -2.41. The number of aryl methyl sites for hydroxylation is 1. The summed E-state index contributed by atoms with van der Waals surface area (Å²) >= 11 is 6.14. The van der Waals surface area contributed by atoms with E-state index in [1.54, 1.807) is 18.5 Å². The zero-order chi connectivity index (χ0) is 15.8. The summed E-state index contributed by atoms with van der Waals surface area (Å²) in [5, 5.41) is 4.50. The molecule has 0 radical (unpaired) electrons. The maximum absolute atomic E-state index is 12.7. The van der Waals surface area contributed by atoms with Gasteiger partial charge in [-0.1, -0.05) is 17.7 Å². The quantitative estimate of drug-likeness (QED) is 0.787. The van der Waals surface area contributed by atoms with E-state index in [0.29, 0.717) is 16.1 Å². The van der Waals surface area contributed by atoms with Crippen LogP contribution in [0.3, 0.4) is 0 Å². The SMILES string of the molecule is O=C(N[C@@H]1CCc2nccn2C1)c1cc(Cl)cc2cccnc12. The van der Waals surface area contributed by atoms with Gasteiger partial charge in [-0.3, -0.25) is 9.78 Å². The Morgan fingerprint density at radius 2 is 2.22 bits per heavy atom. The molecule has 0 aliphatic carbocycles. The second kappa shape index (κ2) is 5.66. The summed E-state index contributed by atoms with van der Waals surface area (Å²) in [6, 6.07) is 7.32. The zero-order valence-electron chi connectivity index (χ0n) is 12.4. The number of hydrogen-bond donors (Lipinski definition) is 1. The lowest BCUT2D eigenvalue weighted by Gasteiger charge is -2.25. The minimum Gasteiger partial charge on any atom is -0.347 e. The summed E-state index contributed by atoms with van der Waals surface area (Å²) in [6.45, 7) is 0.743. The van der Waals surface area contributed by atoms with Crippen LogP contribution in [-0.2, 0) is 13.0 Å². The maximum Gasteiger partial charge on any atom is 0.253 e. The second-order valence-electron chi connectivity index (χ2n) is 5.73. The topological polar surface area (TPSA) is 59.8 Å². The number of nitrogens with zero attached hydrogens (tertiary/aromatic N) is 3. The van der Waals surface area contributed by atoms with E-state index in [2.05, 4.69) is 19.9 Å². The van der Waals surface area contributed by atoms with Crippen LogP contribution in [0.1, 0.15) is 22.6 Å². The molecule has 1 atom stereocenters.